The first-order valence-electron chi connectivity index (χ1n) is 2.16. The van der Waals surface area contributed by atoms with Gasteiger partial charge in [-0.1, -0.05) is 15.9 Å². The summed E-state index contributed by atoms with van der Waals surface area (Å²) in [5.74, 6) is 0. The molecule has 7 heavy (non-hydrogen) atoms. The number of alkyl halides is 1. The van der Waals surface area contributed by atoms with Crippen molar-refractivity contribution in [1.29, 1.82) is 0 Å². The zero-order valence-corrected chi connectivity index (χ0v) is 5.56. The molecule has 0 aromatic carbocycles. The molecule has 0 aliphatic rings. The van der Waals surface area contributed by atoms with E-state index in [2.05, 4.69) is 15.9 Å². The highest BCUT2D eigenvalue weighted by atomic mass is 79.9. The first-order chi connectivity index (χ1) is 3.31. The first-order valence-corrected chi connectivity index (χ1v) is 3.28. The molecule has 0 saturated heterocycles. The van der Waals surface area contributed by atoms with E-state index in [4.69, 9.17) is 10.2 Å². The standard InChI is InChI=1S/C4H9BrO2/c5-2-1-4(7)3-6/h4,6-7H,1-3H2. The molecular weight excluding hydrogens is 160 g/mol. The van der Waals surface area contributed by atoms with Crippen LogP contribution in [0.15, 0.2) is 0 Å². The van der Waals surface area contributed by atoms with E-state index >= 15 is 0 Å². The van der Waals surface area contributed by atoms with Crippen LogP contribution in [0.25, 0.3) is 0 Å². The van der Waals surface area contributed by atoms with Gasteiger partial charge in [-0.2, -0.15) is 0 Å². The van der Waals surface area contributed by atoms with E-state index in [0.29, 0.717) is 6.42 Å². The summed E-state index contributed by atoms with van der Waals surface area (Å²) in [7, 11) is 0. The van der Waals surface area contributed by atoms with Crippen LogP contribution in [0.4, 0.5) is 0 Å². The van der Waals surface area contributed by atoms with Crippen molar-refractivity contribution in [3.8, 4) is 0 Å². The van der Waals surface area contributed by atoms with E-state index in [0.717, 1.165) is 5.33 Å². The van der Waals surface area contributed by atoms with E-state index in [1.54, 1.807) is 0 Å². The SMILES string of the molecule is OCC(O)CCBr. The molecule has 0 aromatic rings. The van der Waals surface area contributed by atoms with E-state index in [1.165, 1.54) is 0 Å². The Kier molecular flexibility index (Phi) is 4.82. The van der Waals surface area contributed by atoms with Crippen molar-refractivity contribution in [3.63, 3.8) is 0 Å². The third-order valence-electron chi connectivity index (χ3n) is 0.653. The number of hydrogen-bond acceptors (Lipinski definition) is 2. The second-order valence-electron chi connectivity index (χ2n) is 1.31. The molecule has 44 valence electrons. The molecule has 0 aromatic heterocycles. The number of aliphatic hydroxyl groups excluding tert-OH is 2. The average molecular weight is 169 g/mol. The Bertz CT molecular complexity index is 40.7. The lowest BCUT2D eigenvalue weighted by atomic mass is 10.3. The molecule has 0 saturated carbocycles. The molecule has 1 unspecified atom stereocenters. The summed E-state index contributed by atoms with van der Waals surface area (Å²) in [4.78, 5) is 0. The van der Waals surface area contributed by atoms with Crippen LogP contribution in [0.5, 0.6) is 0 Å². The fraction of sp³-hybridized carbons (Fsp3) is 1.00. The van der Waals surface area contributed by atoms with Gasteiger partial charge < -0.3 is 10.2 Å². The Labute approximate surface area is 51.3 Å². The molecule has 0 radical (unpaired) electrons. The highest BCUT2D eigenvalue weighted by Gasteiger charge is 1.96. The van der Waals surface area contributed by atoms with Gasteiger partial charge >= 0.3 is 0 Å². The maximum absolute atomic E-state index is 8.58. The Morgan fingerprint density at radius 2 is 2.14 bits per heavy atom. The van der Waals surface area contributed by atoms with Crippen molar-refractivity contribution in [2.45, 2.75) is 12.5 Å². The van der Waals surface area contributed by atoms with Crippen LogP contribution in [0.1, 0.15) is 6.42 Å². The van der Waals surface area contributed by atoms with Gasteiger partial charge in [-0.3, -0.25) is 0 Å². The quantitative estimate of drug-likeness (QED) is 0.589. The Morgan fingerprint density at radius 3 is 2.29 bits per heavy atom. The highest BCUT2D eigenvalue weighted by Crippen LogP contribution is 1.92. The zero-order chi connectivity index (χ0) is 5.70. The number of rotatable bonds is 3. The minimum atomic E-state index is -0.542. The minimum Gasteiger partial charge on any atom is -0.394 e. The van der Waals surface area contributed by atoms with Crippen molar-refractivity contribution in [2.75, 3.05) is 11.9 Å². The number of hydrogen-bond donors (Lipinski definition) is 2. The van der Waals surface area contributed by atoms with Gasteiger partial charge in [0.1, 0.15) is 0 Å². The number of halogens is 1. The topological polar surface area (TPSA) is 40.5 Å². The first kappa shape index (κ1) is 7.40. The zero-order valence-electron chi connectivity index (χ0n) is 3.97. The summed E-state index contributed by atoms with van der Waals surface area (Å²) in [5, 5.41) is 17.5. The molecule has 0 fully saturated rings. The second kappa shape index (κ2) is 4.56. The molecule has 2 nitrogen and oxygen atoms in total. The summed E-state index contributed by atoms with van der Waals surface area (Å²) < 4.78 is 0. The fourth-order valence-corrected chi connectivity index (χ4v) is 0.746. The molecule has 0 amide bonds. The monoisotopic (exact) mass is 168 g/mol. The Hall–Kier alpha value is 0.400. The van der Waals surface area contributed by atoms with Crippen molar-refractivity contribution < 1.29 is 10.2 Å². The summed E-state index contributed by atoms with van der Waals surface area (Å²) >= 11 is 3.12. The van der Waals surface area contributed by atoms with Gasteiger partial charge in [-0.05, 0) is 6.42 Å². The van der Waals surface area contributed by atoms with Gasteiger partial charge in [0.2, 0.25) is 0 Å². The van der Waals surface area contributed by atoms with Gasteiger partial charge in [-0.15, -0.1) is 0 Å². The summed E-state index contributed by atoms with van der Waals surface area (Å²) in [6, 6.07) is 0. The number of aliphatic hydroxyl groups is 2. The Morgan fingerprint density at radius 1 is 1.57 bits per heavy atom. The predicted octanol–water partition coefficient (Wildman–Crippen LogP) is 0.125. The molecule has 1 atom stereocenters. The van der Waals surface area contributed by atoms with Crippen molar-refractivity contribution in [3.05, 3.63) is 0 Å². The van der Waals surface area contributed by atoms with Gasteiger partial charge in [-0.25, -0.2) is 0 Å². The van der Waals surface area contributed by atoms with Crippen molar-refractivity contribution in [1.82, 2.24) is 0 Å². The van der Waals surface area contributed by atoms with Crippen LogP contribution in [0.3, 0.4) is 0 Å². The minimum absolute atomic E-state index is 0.133. The normalized spacial score (nSPS) is 14.1. The van der Waals surface area contributed by atoms with Gasteiger partial charge in [0, 0.05) is 5.33 Å². The van der Waals surface area contributed by atoms with Gasteiger partial charge in [0.25, 0.3) is 0 Å². The average Bonchev–Trinajstić information content (AvgIpc) is 1.68. The van der Waals surface area contributed by atoms with Crippen LogP contribution in [-0.4, -0.2) is 28.3 Å². The second-order valence-corrected chi connectivity index (χ2v) is 2.11. The molecule has 3 heteroatoms. The van der Waals surface area contributed by atoms with E-state index in [1.807, 2.05) is 0 Å². The lowest BCUT2D eigenvalue weighted by molar-refractivity contribution is 0.0934. The summed E-state index contributed by atoms with van der Waals surface area (Å²) in [5.41, 5.74) is 0. The lowest BCUT2D eigenvalue weighted by Crippen LogP contribution is -2.11. The van der Waals surface area contributed by atoms with Crippen LogP contribution < -0.4 is 0 Å². The molecular formula is C4H9BrO2. The van der Waals surface area contributed by atoms with Gasteiger partial charge in [0.15, 0.2) is 0 Å². The van der Waals surface area contributed by atoms with Crippen LogP contribution >= 0.6 is 15.9 Å². The molecule has 0 rings (SSSR count). The molecule has 0 spiro atoms. The third kappa shape index (κ3) is 4.25. The molecule has 0 heterocycles. The summed E-state index contributed by atoms with van der Waals surface area (Å²) in [6.45, 7) is -0.133. The Balaban J connectivity index is 2.83. The maximum atomic E-state index is 8.58. The molecule has 0 bridgehead atoms. The van der Waals surface area contributed by atoms with Gasteiger partial charge in [0.05, 0.1) is 12.7 Å². The molecule has 2 N–H and O–H groups in total. The van der Waals surface area contributed by atoms with Crippen LogP contribution in [0, 0.1) is 0 Å². The van der Waals surface area contributed by atoms with Crippen LogP contribution in [0.2, 0.25) is 0 Å². The van der Waals surface area contributed by atoms with Crippen molar-refractivity contribution >= 4 is 15.9 Å². The van der Waals surface area contributed by atoms with E-state index in [9.17, 15) is 0 Å². The van der Waals surface area contributed by atoms with Crippen molar-refractivity contribution in [2.24, 2.45) is 0 Å². The lowest BCUT2D eigenvalue weighted by Gasteiger charge is -2.00. The van der Waals surface area contributed by atoms with Crippen LogP contribution in [-0.2, 0) is 0 Å². The van der Waals surface area contributed by atoms with E-state index in [-0.39, 0.29) is 6.61 Å². The van der Waals surface area contributed by atoms with E-state index < -0.39 is 6.10 Å². The largest absolute Gasteiger partial charge is 0.394 e. The third-order valence-corrected chi connectivity index (χ3v) is 1.11. The smallest absolute Gasteiger partial charge is 0.0778 e. The maximum Gasteiger partial charge on any atom is 0.0778 e. The molecule has 0 aliphatic heterocycles. The predicted molar refractivity (Wildman–Crippen MR) is 31.5 cm³/mol. The summed E-state index contributed by atoms with van der Waals surface area (Å²) in [6.07, 6.45) is 0.0793. The molecule has 0 aliphatic carbocycles. The fourth-order valence-electron chi connectivity index (χ4n) is 0.217. The highest BCUT2D eigenvalue weighted by molar-refractivity contribution is 9.09.